The number of benzene rings is 1. The van der Waals surface area contributed by atoms with Gasteiger partial charge in [-0.2, -0.15) is 0 Å². The number of carbonyl (C=O) groups excluding carboxylic acids is 1. The van der Waals surface area contributed by atoms with Gasteiger partial charge in [-0.3, -0.25) is 10.1 Å². The van der Waals surface area contributed by atoms with Gasteiger partial charge in [-0.15, -0.1) is 0 Å². The Balaban J connectivity index is 1.71. The number of hydrogen-bond donors (Lipinski definition) is 2. The quantitative estimate of drug-likeness (QED) is 0.701. The normalized spacial score (nSPS) is 29.5. The molecule has 3 atom stereocenters. The Morgan fingerprint density at radius 1 is 1.21 bits per heavy atom. The molecule has 0 aromatic heterocycles. The van der Waals surface area contributed by atoms with Crippen molar-refractivity contribution in [2.24, 2.45) is 5.92 Å². The summed E-state index contributed by atoms with van der Waals surface area (Å²) >= 11 is 0. The van der Waals surface area contributed by atoms with Crippen molar-refractivity contribution in [2.45, 2.75) is 83.2 Å². The number of aliphatic hydroxyl groups excluding tert-OH is 1. The molecule has 1 amide bonds. The van der Waals surface area contributed by atoms with Crippen LogP contribution in [0.2, 0.25) is 0 Å². The average Bonchev–Trinajstić information content (AvgIpc) is 2.73. The molecular formula is C23H36N2O3. The monoisotopic (exact) mass is 388 g/mol. The molecule has 5 nitrogen and oxygen atoms in total. The van der Waals surface area contributed by atoms with E-state index in [-0.39, 0.29) is 18.0 Å². The molecule has 5 heteroatoms. The summed E-state index contributed by atoms with van der Waals surface area (Å²) in [6, 6.07) is 9.49. The molecule has 3 unspecified atom stereocenters. The standard InChI is InChI=1S/C23H36N2O3/c1-3-22(26)24-20-10-7-15-25(23(27)18-8-5-4-6-9-18)21(20)16-28-19-13-11-17(2)12-14-19/h4-6,8-9,17,19-22,24,26H,3,7,10-16H2,1-2H3. The number of likely N-dealkylation sites (tertiary alicyclic amines) is 1. The zero-order valence-electron chi connectivity index (χ0n) is 17.3. The number of nitrogens with one attached hydrogen (secondary N) is 1. The summed E-state index contributed by atoms with van der Waals surface area (Å²) in [6.45, 7) is 5.54. The zero-order valence-corrected chi connectivity index (χ0v) is 17.3. The van der Waals surface area contributed by atoms with Gasteiger partial charge in [-0.25, -0.2) is 0 Å². The highest BCUT2D eigenvalue weighted by atomic mass is 16.5. The van der Waals surface area contributed by atoms with Crippen LogP contribution in [0.15, 0.2) is 30.3 Å². The molecule has 2 aliphatic rings. The Hall–Kier alpha value is -1.43. The van der Waals surface area contributed by atoms with E-state index in [9.17, 15) is 9.90 Å². The van der Waals surface area contributed by atoms with E-state index in [1.807, 2.05) is 42.2 Å². The van der Waals surface area contributed by atoms with E-state index >= 15 is 0 Å². The molecule has 1 aromatic rings. The first-order chi connectivity index (χ1) is 13.6. The lowest BCUT2D eigenvalue weighted by Crippen LogP contribution is -2.59. The van der Waals surface area contributed by atoms with Gasteiger partial charge in [0.2, 0.25) is 0 Å². The van der Waals surface area contributed by atoms with Gasteiger partial charge in [-0.1, -0.05) is 32.0 Å². The minimum atomic E-state index is -0.546. The molecule has 1 saturated heterocycles. The Labute approximate surface area is 169 Å². The summed E-state index contributed by atoms with van der Waals surface area (Å²) in [5.41, 5.74) is 0.718. The first-order valence-corrected chi connectivity index (χ1v) is 11.0. The van der Waals surface area contributed by atoms with Crippen molar-refractivity contribution in [2.75, 3.05) is 13.2 Å². The van der Waals surface area contributed by atoms with Gasteiger partial charge in [0.25, 0.3) is 5.91 Å². The van der Waals surface area contributed by atoms with Crippen LogP contribution in [0.3, 0.4) is 0 Å². The molecule has 2 fully saturated rings. The van der Waals surface area contributed by atoms with Crippen LogP contribution in [-0.2, 0) is 4.74 Å². The van der Waals surface area contributed by atoms with E-state index in [2.05, 4.69) is 12.2 Å². The molecule has 28 heavy (non-hydrogen) atoms. The largest absolute Gasteiger partial charge is 0.379 e. The number of rotatable bonds is 7. The predicted molar refractivity (Wildman–Crippen MR) is 111 cm³/mol. The van der Waals surface area contributed by atoms with Crippen LogP contribution in [-0.4, -0.2) is 53.5 Å². The van der Waals surface area contributed by atoms with Crippen molar-refractivity contribution in [3.05, 3.63) is 35.9 Å². The van der Waals surface area contributed by atoms with Crippen LogP contribution in [0.5, 0.6) is 0 Å². The van der Waals surface area contributed by atoms with Crippen LogP contribution in [0.25, 0.3) is 0 Å². The highest BCUT2D eigenvalue weighted by Gasteiger charge is 2.36. The predicted octanol–water partition coefficient (Wildman–Crippen LogP) is 3.57. The first-order valence-electron chi connectivity index (χ1n) is 11.0. The van der Waals surface area contributed by atoms with Crippen LogP contribution in [0, 0.1) is 5.92 Å². The van der Waals surface area contributed by atoms with Crippen LogP contribution in [0.4, 0.5) is 0 Å². The highest BCUT2D eigenvalue weighted by Crippen LogP contribution is 2.27. The third-order valence-corrected chi connectivity index (χ3v) is 6.32. The molecule has 0 spiro atoms. The summed E-state index contributed by atoms with van der Waals surface area (Å²) in [7, 11) is 0. The van der Waals surface area contributed by atoms with Crippen molar-refractivity contribution in [1.82, 2.24) is 10.2 Å². The van der Waals surface area contributed by atoms with Gasteiger partial charge in [0.1, 0.15) is 6.23 Å². The number of carbonyl (C=O) groups is 1. The van der Waals surface area contributed by atoms with Gasteiger partial charge in [0, 0.05) is 18.2 Å². The van der Waals surface area contributed by atoms with Gasteiger partial charge < -0.3 is 14.7 Å². The summed E-state index contributed by atoms with van der Waals surface area (Å²) in [6.07, 6.45) is 6.94. The summed E-state index contributed by atoms with van der Waals surface area (Å²) in [4.78, 5) is 15.1. The van der Waals surface area contributed by atoms with Crippen LogP contribution < -0.4 is 5.32 Å². The molecular weight excluding hydrogens is 352 g/mol. The van der Waals surface area contributed by atoms with Gasteiger partial charge >= 0.3 is 0 Å². The lowest BCUT2D eigenvalue weighted by atomic mass is 9.89. The number of aliphatic hydroxyl groups is 1. The average molecular weight is 389 g/mol. The summed E-state index contributed by atoms with van der Waals surface area (Å²) in [5, 5.41) is 13.5. The van der Waals surface area contributed by atoms with E-state index < -0.39 is 6.23 Å². The summed E-state index contributed by atoms with van der Waals surface area (Å²) in [5.74, 6) is 0.851. The lowest BCUT2D eigenvalue weighted by molar-refractivity contribution is -0.0335. The van der Waals surface area contributed by atoms with Gasteiger partial charge in [0.05, 0.1) is 18.8 Å². The minimum absolute atomic E-state index is 0.0537. The second-order valence-corrected chi connectivity index (χ2v) is 8.49. The van der Waals surface area contributed by atoms with Crippen molar-refractivity contribution in [1.29, 1.82) is 0 Å². The Morgan fingerprint density at radius 3 is 2.61 bits per heavy atom. The smallest absolute Gasteiger partial charge is 0.254 e. The van der Waals surface area contributed by atoms with Crippen molar-refractivity contribution < 1.29 is 14.6 Å². The molecule has 1 aliphatic heterocycles. The van der Waals surface area contributed by atoms with E-state index in [0.29, 0.717) is 19.1 Å². The Kier molecular flexibility index (Phi) is 7.89. The Morgan fingerprint density at radius 2 is 1.93 bits per heavy atom. The SMILES string of the molecule is CCC(O)NC1CCCN(C(=O)c2ccccc2)C1COC1CCC(C)CC1. The lowest BCUT2D eigenvalue weighted by Gasteiger charge is -2.43. The topological polar surface area (TPSA) is 61.8 Å². The number of piperidine rings is 1. The fourth-order valence-electron chi connectivity index (χ4n) is 4.45. The zero-order chi connectivity index (χ0) is 19.9. The molecule has 1 aromatic carbocycles. The molecule has 156 valence electrons. The molecule has 2 N–H and O–H groups in total. The van der Waals surface area contributed by atoms with E-state index in [1.54, 1.807) is 0 Å². The number of nitrogens with zero attached hydrogens (tertiary/aromatic N) is 1. The maximum Gasteiger partial charge on any atom is 0.254 e. The molecule has 0 radical (unpaired) electrons. The molecule has 1 aliphatic carbocycles. The molecule has 3 rings (SSSR count). The van der Waals surface area contributed by atoms with Crippen molar-refractivity contribution >= 4 is 5.91 Å². The minimum Gasteiger partial charge on any atom is -0.379 e. The maximum absolute atomic E-state index is 13.2. The molecule has 0 bridgehead atoms. The van der Waals surface area contributed by atoms with E-state index in [4.69, 9.17) is 4.74 Å². The van der Waals surface area contributed by atoms with E-state index in [1.165, 1.54) is 12.8 Å². The third kappa shape index (κ3) is 5.56. The van der Waals surface area contributed by atoms with Crippen LogP contribution >= 0.6 is 0 Å². The fourth-order valence-corrected chi connectivity index (χ4v) is 4.45. The second kappa shape index (κ2) is 10.4. The van der Waals surface area contributed by atoms with Crippen molar-refractivity contribution in [3.63, 3.8) is 0 Å². The number of hydrogen-bond acceptors (Lipinski definition) is 4. The van der Waals surface area contributed by atoms with E-state index in [0.717, 1.165) is 43.7 Å². The highest BCUT2D eigenvalue weighted by molar-refractivity contribution is 5.94. The molecule has 1 heterocycles. The molecule has 1 saturated carbocycles. The van der Waals surface area contributed by atoms with Crippen LogP contribution in [0.1, 0.15) is 69.2 Å². The second-order valence-electron chi connectivity index (χ2n) is 8.49. The third-order valence-electron chi connectivity index (χ3n) is 6.32. The first kappa shape index (κ1) is 21.3. The number of amides is 1. The maximum atomic E-state index is 13.2. The van der Waals surface area contributed by atoms with Crippen molar-refractivity contribution in [3.8, 4) is 0 Å². The van der Waals surface area contributed by atoms with Gasteiger partial charge in [-0.05, 0) is 63.0 Å². The summed E-state index contributed by atoms with van der Waals surface area (Å²) < 4.78 is 6.32. The number of ether oxygens (including phenoxy) is 1. The van der Waals surface area contributed by atoms with Gasteiger partial charge in [0.15, 0.2) is 0 Å². The fraction of sp³-hybridized carbons (Fsp3) is 0.696. The Bertz CT molecular complexity index is 601.